The quantitative estimate of drug-likeness (QED) is 0.463. The van der Waals surface area contributed by atoms with Crippen LogP contribution in [-0.2, 0) is 6.42 Å². The van der Waals surface area contributed by atoms with Gasteiger partial charge in [0.15, 0.2) is 5.82 Å². The minimum atomic E-state index is -0.607. The molecule has 134 valence electrons. The van der Waals surface area contributed by atoms with Crippen molar-refractivity contribution >= 4 is 15.9 Å². The molecule has 4 rings (SSSR count). The van der Waals surface area contributed by atoms with Crippen molar-refractivity contribution in [3.05, 3.63) is 94.5 Å². The minimum Gasteiger partial charge on any atom is -0.265 e. The lowest BCUT2D eigenvalue weighted by molar-refractivity contribution is 0.557. The summed E-state index contributed by atoms with van der Waals surface area (Å²) in [5.41, 5.74) is 1.47. The van der Waals surface area contributed by atoms with Gasteiger partial charge in [-0.15, -0.1) is 5.10 Å². The molecule has 0 atom stereocenters. The van der Waals surface area contributed by atoms with Gasteiger partial charge >= 0.3 is 0 Å². The van der Waals surface area contributed by atoms with Gasteiger partial charge in [-0.2, -0.15) is 0 Å². The zero-order valence-electron chi connectivity index (χ0n) is 14.0. The average Bonchev–Trinajstić information content (AvgIpc) is 3.10. The fourth-order valence-electron chi connectivity index (χ4n) is 2.76. The largest absolute Gasteiger partial charge is 0.265 e. The van der Waals surface area contributed by atoms with E-state index in [4.69, 9.17) is 0 Å². The van der Waals surface area contributed by atoms with Crippen LogP contribution in [0.1, 0.15) is 11.4 Å². The highest BCUT2D eigenvalue weighted by Crippen LogP contribution is 2.23. The molecular weight excluding hydrogens is 414 g/mol. The van der Waals surface area contributed by atoms with Gasteiger partial charge in [0.1, 0.15) is 17.5 Å². The van der Waals surface area contributed by atoms with Crippen LogP contribution in [0.2, 0.25) is 0 Å². The van der Waals surface area contributed by atoms with Crippen LogP contribution in [0, 0.1) is 11.6 Å². The highest BCUT2D eigenvalue weighted by Gasteiger charge is 2.17. The molecule has 0 aliphatic rings. The molecule has 7 heteroatoms. The van der Waals surface area contributed by atoms with Crippen LogP contribution in [0.4, 0.5) is 8.78 Å². The first-order chi connectivity index (χ1) is 13.1. The number of rotatable bonds is 4. The monoisotopic (exact) mass is 426 g/mol. The predicted octanol–water partition coefficient (Wildman–Crippen LogP) is 4.96. The maximum atomic E-state index is 14.2. The predicted molar refractivity (Wildman–Crippen MR) is 101 cm³/mol. The van der Waals surface area contributed by atoms with Crippen LogP contribution in [-0.4, -0.2) is 19.7 Å². The fourth-order valence-corrected chi connectivity index (χ4v) is 3.14. The van der Waals surface area contributed by atoms with Crippen LogP contribution in [0.3, 0.4) is 0 Å². The van der Waals surface area contributed by atoms with E-state index < -0.39 is 11.6 Å². The third-order valence-corrected chi connectivity index (χ3v) is 4.56. The second kappa shape index (κ2) is 7.36. The lowest BCUT2D eigenvalue weighted by Crippen LogP contribution is -2.06. The number of aromatic nitrogens is 4. The number of hydrogen-bond acceptors (Lipinski definition) is 3. The summed E-state index contributed by atoms with van der Waals surface area (Å²) >= 11 is 3.44. The number of pyridine rings is 1. The fraction of sp³-hybridized carbons (Fsp3) is 0.0500. The Hall–Kier alpha value is -2.93. The van der Waals surface area contributed by atoms with Crippen molar-refractivity contribution in [3.8, 4) is 17.1 Å². The molecule has 0 saturated heterocycles. The first-order valence-corrected chi connectivity index (χ1v) is 8.96. The molecule has 4 aromatic rings. The summed E-state index contributed by atoms with van der Waals surface area (Å²) in [4.78, 5) is 8.53. The molecule has 0 unspecified atom stereocenters. The molecule has 0 aliphatic heterocycles. The van der Waals surface area contributed by atoms with Gasteiger partial charge in [-0.1, -0.05) is 28.1 Å². The molecule has 2 aromatic carbocycles. The van der Waals surface area contributed by atoms with Crippen molar-refractivity contribution in [2.75, 3.05) is 0 Å². The summed E-state index contributed by atoms with van der Waals surface area (Å²) in [6, 6.07) is 14.9. The molecule has 2 aromatic heterocycles. The number of benzene rings is 2. The lowest BCUT2D eigenvalue weighted by atomic mass is 10.1. The van der Waals surface area contributed by atoms with E-state index in [1.807, 2.05) is 24.3 Å². The third-order valence-electron chi connectivity index (χ3n) is 4.06. The Labute approximate surface area is 162 Å². The van der Waals surface area contributed by atoms with Crippen molar-refractivity contribution in [3.63, 3.8) is 0 Å². The van der Waals surface area contributed by atoms with E-state index >= 15 is 0 Å². The molecule has 0 fully saturated rings. The molecule has 2 heterocycles. The van der Waals surface area contributed by atoms with Gasteiger partial charge in [-0.05, 0) is 42.5 Å². The van der Waals surface area contributed by atoms with Crippen LogP contribution in [0.15, 0.2) is 71.5 Å². The highest BCUT2D eigenvalue weighted by atomic mass is 79.9. The Morgan fingerprint density at radius 2 is 1.63 bits per heavy atom. The molecule has 27 heavy (non-hydrogen) atoms. The molecule has 0 radical (unpaired) electrons. The van der Waals surface area contributed by atoms with E-state index in [0.717, 1.165) is 15.7 Å². The average molecular weight is 427 g/mol. The van der Waals surface area contributed by atoms with Gasteiger partial charge in [0.25, 0.3) is 0 Å². The normalized spacial score (nSPS) is 10.9. The Bertz CT molecular complexity index is 1080. The Balaban J connectivity index is 1.85. The van der Waals surface area contributed by atoms with E-state index in [1.165, 1.54) is 18.2 Å². The minimum absolute atomic E-state index is 0.0247. The summed E-state index contributed by atoms with van der Waals surface area (Å²) < 4.78 is 30.8. The topological polar surface area (TPSA) is 43.6 Å². The third kappa shape index (κ3) is 3.64. The summed E-state index contributed by atoms with van der Waals surface area (Å²) in [7, 11) is 0. The van der Waals surface area contributed by atoms with Gasteiger partial charge in [-0.25, -0.2) is 18.4 Å². The molecular formula is C20H13BrF2N4. The van der Waals surface area contributed by atoms with Gasteiger partial charge in [0, 0.05) is 34.4 Å². The Morgan fingerprint density at radius 3 is 2.33 bits per heavy atom. The van der Waals surface area contributed by atoms with E-state index in [-0.39, 0.29) is 12.0 Å². The van der Waals surface area contributed by atoms with E-state index in [0.29, 0.717) is 11.6 Å². The first kappa shape index (κ1) is 17.5. The molecule has 0 aliphatic carbocycles. The SMILES string of the molecule is Fc1cccc(F)c1Cc1nc(-c2ccncc2)nn1-c1cccc(Br)c1. The maximum Gasteiger partial charge on any atom is 0.181 e. The van der Waals surface area contributed by atoms with Gasteiger partial charge in [0.05, 0.1) is 5.69 Å². The molecule has 0 saturated carbocycles. The smallest absolute Gasteiger partial charge is 0.181 e. The zero-order chi connectivity index (χ0) is 18.8. The van der Waals surface area contributed by atoms with Crippen molar-refractivity contribution in [2.24, 2.45) is 0 Å². The highest BCUT2D eigenvalue weighted by molar-refractivity contribution is 9.10. The molecule has 0 amide bonds. The summed E-state index contributed by atoms with van der Waals surface area (Å²) in [6.45, 7) is 0. The molecule has 0 N–H and O–H groups in total. The van der Waals surface area contributed by atoms with Gasteiger partial charge < -0.3 is 0 Å². The summed E-state index contributed by atoms with van der Waals surface area (Å²) in [6.07, 6.45) is 3.26. The van der Waals surface area contributed by atoms with Gasteiger partial charge in [0.2, 0.25) is 0 Å². The zero-order valence-corrected chi connectivity index (χ0v) is 15.6. The molecule has 0 bridgehead atoms. The van der Waals surface area contributed by atoms with Crippen LogP contribution < -0.4 is 0 Å². The summed E-state index contributed by atoms with van der Waals surface area (Å²) in [5, 5.41) is 4.56. The summed E-state index contributed by atoms with van der Waals surface area (Å²) in [5.74, 6) is -0.318. The second-order valence-electron chi connectivity index (χ2n) is 5.86. The lowest BCUT2D eigenvalue weighted by Gasteiger charge is -2.08. The Morgan fingerprint density at radius 1 is 0.926 bits per heavy atom. The van der Waals surface area contributed by atoms with Crippen LogP contribution >= 0.6 is 15.9 Å². The van der Waals surface area contributed by atoms with Crippen molar-refractivity contribution in [2.45, 2.75) is 6.42 Å². The van der Waals surface area contributed by atoms with Crippen molar-refractivity contribution in [1.29, 1.82) is 0 Å². The van der Waals surface area contributed by atoms with E-state index in [1.54, 1.807) is 29.2 Å². The Kier molecular flexibility index (Phi) is 4.77. The second-order valence-corrected chi connectivity index (χ2v) is 6.77. The van der Waals surface area contributed by atoms with E-state index in [9.17, 15) is 8.78 Å². The number of halogens is 3. The van der Waals surface area contributed by atoms with E-state index in [2.05, 4.69) is 31.0 Å². The number of hydrogen-bond donors (Lipinski definition) is 0. The molecule has 4 nitrogen and oxygen atoms in total. The van der Waals surface area contributed by atoms with Crippen molar-refractivity contribution < 1.29 is 8.78 Å². The standard InChI is InChI=1S/C20H13BrF2N4/c21-14-3-1-4-15(11-14)27-19(12-16-17(22)5-2-6-18(16)23)25-20(26-27)13-7-9-24-10-8-13/h1-11H,12H2. The first-order valence-electron chi connectivity index (χ1n) is 8.17. The van der Waals surface area contributed by atoms with Crippen molar-refractivity contribution in [1.82, 2.24) is 19.7 Å². The van der Waals surface area contributed by atoms with Crippen LogP contribution in [0.5, 0.6) is 0 Å². The van der Waals surface area contributed by atoms with Gasteiger partial charge in [-0.3, -0.25) is 4.98 Å². The molecule has 0 spiro atoms. The van der Waals surface area contributed by atoms with Crippen LogP contribution in [0.25, 0.3) is 17.1 Å². The maximum absolute atomic E-state index is 14.2. The number of nitrogens with zero attached hydrogens (tertiary/aromatic N) is 4.